The van der Waals surface area contributed by atoms with Gasteiger partial charge < -0.3 is 10.4 Å². The standard InChI is InChI=1S/C15H13N3O3/c1-10-2-4-13(6-11(10)3-5-14(19)20)18-15(21)12-7-16-9-17-8-12/h2-9H,1H3,(H,18,21)(H,19,20)/b5-3+. The minimum absolute atomic E-state index is 0.326. The second kappa shape index (κ2) is 6.42. The maximum absolute atomic E-state index is 12.0. The molecule has 0 saturated carbocycles. The fourth-order valence-corrected chi connectivity index (χ4v) is 1.68. The number of hydrogen-bond acceptors (Lipinski definition) is 4. The molecule has 2 rings (SSSR count). The third-order valence-electron chi connectivity index (χ3n) is 2.77. The number of nitrogens with zero attached hydrogens (tertiary/aromatic N) is 2. The van der Waals surface area contributed by atoms with Crippen molar-refractivity contribution in [2.45, 2.75) is 6.92 Å². The molecular formula is C15H13N3O3. The Balaban J connectivity index is 2.19. The average Bonchev–Trinajstić information content (AvgIpc) is 2.48. The van der Waals surface area contributed by atoms with Crippen LogP contribution in [-0.2, 0) is 4.79 Å². The Morgan fingerprint density at radius 3 is 2.62 bits per heavy atom. The maximum atomic E-state index is 12.0. The second-order valence-electron chi connectivity index (χ2n) is 4.32. The van der Waals surface area contributed by atoms with Gasteiger partial charge in [-0.1, -0.05) is 6.07 Å². The van der Waals surface area contributed by atoms with Crippen molar-refractivity contribution in [1.82, 2.24) is 9.97 Å². The monoisotopic (exact) mass is 283 g/mol. The van der Waals surface area contributed by atoms with Crippen LogP contribution in [0.25, 0.3) is 6.08 Å². The number of carbonyl (C=O) groups is 2. The lowest BCUT2D eigenvalue weighted by Crippen LogP contribution is -2.12. The molecule has 2 N–H and O–H groups in total. The van der Waals surface area contributed by atoms with Crippen molar-refractivity contribution in [3.05, 3.63) is 59.7 Å². The van der Waals surface area contributed by atoms with Crippen LogP contribution in [0.4, 0.5) is 5.69 Å². The Kier molecular flexibility index (Phi) is 4.40. The van der Waals surface area contributed by atoms with Crippen LogP contribution in [0.2, 0.25) is 0 Å². The normalized spacial score (nSPS) is 10.5. The Morgan fingerprint density at radius 1 is 1.24 bits per heavy atom. The molecule has 0 unspecified atom stereocenters. The lowest BCUT2D eigenvalue weighted by atomic mass is 10.1. The molecule has 106 valence electrons. The number of aliphatic carboxylic acids is 1. The first-order valence-corrected chi connectivity index (χ1v) is 6.14. The summed E-state index contributed by atoms with van der Waals surface area (Å²) in [7, 11) is 0. The Bertz CT molecular complexity index is 697. The van der Waals surface area contributed by atoms with E-state index < -0.39 is 5.97 Å². The van der Waals surface area contributed by atoms with E-state index in [0.717, 1.165) is 17.2 Å². The first-order chi connectivity index (χ1) is 10.1. The Morgan fingerprint density at radius 2 is 1.95 bits per heavy atom. The SMILES string of the molecule is Cc1ccc(NC(=O)c2cncnc2)cc1/C=C/C(=O)O. The molecule has 1 amide bonds. The number of hydrogen-bond donors (Lipinski definition) is 2. The molecule has 2 aromatic rings. The van der Waals surface area contributed by atoms with Gasteiger partial charge in [-0.3, -0.25) is 4.79 Å². The highest BCUT2D eigenvalue weighted by Gasteiger charge is 2.07. The lowest BCUT2D eigenvalue weighted by molar-refractivity contribution is -0.131. The number of nitrogens with one attached hydrogen (secondary N) is 1. The molecule has 0 radical (unpaired) electrons. The van der Waals surface area contributed by atoms with Crippen LogP contribution in [0.1, 0.15) is 21.5 Å². The van der Waals surface area contributed by atoms with E-state index in [2.05, 4.69) is 15.3 Å². The molecule has 21 heavy (non-hydrogen) atoms. The first-order valence-electron chi connectivity index (χ1n) is 6.14. The molecular weight excluding hydrogens is 270 g/mol. The summed E-state index contributed by atoms with van der Waals surface area (Å²) in [6.45, 7) is 1.86. The average molecular weight is 283 g/mol. The van der Waals surface area contributed by atoms with E-state index >= 15 is 0 Å². The van der Waals surface area contributed by atoms with Crippen LogP contribution < -0.4 is 5.32 Å². The van der Waals surface area contributed by atoms with Crippen molar-refractivity contribution < 1.29 is 14.7 Å². The van der Waals surface area contributed by atoms with Gasteiger partial charge in [0.25, 0.3) is 5.91 Å². The quantitative estimate of drug-likeness (QED) is 0.839. The number of benzene rings is 1. The number of carboxylic acids is 1. The largest absolute Gasteiger partial charge is 0.478 e. The van der Waals surface area contributed by atoms with Crippen LogP contribution in [0.5, 0.6) is 0 Å². The third-order valence-corrected chi connectivity index (χ3v) is 2.77. The molecule has 6 heteroatoms. The molecule has 0 aliphatic carbocycles. The van der Waals surface area contributed by atoms with Crippen LogP contribution in [0.3, 0.4) is 0 Å². The molecule has 1 aromatic carbocycles. The van der Waals surface area contributed by atoms with Gasteiger partial charge in [-0.05, 0) is 36.3 Å². The van der Waals surface area contributed by atoms with E-state index in [9.17, 15) is 9.59 Å². The zero-order chi connectivity index (χ0) is 15.2. The van der Waals surface area contributed by atoms with Crippen molar-refractivity contribution in [2.24, 2.45) is 0 Å². The summed E-state index contributed by atoms with van der Waals surface area (Å²) < 4.78 is 0. The van der Waals surface area contributed by atoms with Crippen LogP contribution in [0, 0.1) is 6.92 Å². The molecule has 0 aliphatic rings. The van der Waals surface area contributed by atoms with Crippen LogP contribution in [0.15, 0.2) is 43.0 Å². The van der Waals surface area contributed by atoms with Crippen molar-refractivity contribution in [2.75, 3.05) is 5.32 Å². The number of amides is 1. The number of carbonyl (C=O) groups excluding carboxylic acids is 1. The second-order valence-corrected chi connectivity index (χ2v) is 4.32. The summed E-state index contributed by atoms with van der Waals surface area (Å²) in [5.41, 5.74) is 2.55. The van der Waals surface area contributed by atoms with E-state index in [1.165, 1.54) is 24.8 Å². The minimum Gasteiger partial charge on any atom is -0.478 e. The van der Waals surface area contributed by atoms with Crippen LogP contribution >= 0.6 is 0 Å². The topological polar surface area (TPSA) is 92.2 Å². The zero-order valence-corrected chi connectivity index (χ0v) is 11.3. The van der Waals surface area contributed by atoms with Gasteiger partial charge in [-0.15, -0.1) is 0 Å². The maximum Gasteiger partial charge on any atom is 0.328 e. The Hall–Kier alpha value is -3.02. The van der Waals surface area contributed by atoms with Crippen molar-refractivity contribution >= 4 is 23.6 Å². The molecule has 1 heterocycles. The van der Waals surface area contributed by atoms with Gasteiger partial charge >= 0.3 is 5.97 Å². The summed E-state index contributed by atoms with van der Waals surface area (Å²) >= 11 is 0. The summed E-state index contributed by atoms with van der Waals surface area (Å²) in [5, 5.41) is 11.4. The predicted molar refractivity (Wildman–Crippen MR) is 77.8 cm³/mol. The number of rotatable bonds is 4. The van der Waals surface area contributed by atoms with Gasteiger partial charge in [0.15, 0.2) is 0 Å². The number of aromatic nitrogens is 2. The number of aryl methyl sites for hydroxylation is 1. The zero-order valence-electron chi connectivity index (χ0n) is 11.3. The van der Waals surface area contributed by atoms with Crippen molar-refractivity contribution in [3.8, 4) is 0 Å². The summed E-state index contributed by atoms with van der Waals surface area (Å²) in [6.07, 6.45) is 6.72. The van der Waals surface area contributed by atoms with Gasteiger partial charge in [-0.25, -0.2) is 14.8 Å². The van der Waals surface area contributed by atoms with E-state index in [4.69, 9.17) is 5.11 Å². The molecule has 0 fully saturated rings. The highest BCUT2D eigenvalue weighted by Crippen LogP contribution is 2.17. The molecule has 0 aliphatic heterocycles. The fourth-order valence-electron chi connectivity index (χ4n) is 1.68. The Labute approximate surface area is 121 Å². The van der Waals surface area contributed by atoms with Gasteiger partial charge in [0.05, 0.1) is 5.56 Å². The van der Waals surface area contributed by atoms with Gasteiger partial charge in [-0.2, -0.15) is 0 Å². The summed E-state index contributed by atoms with van der Waals surface area (Å²) in [4.78, 5) is 30.1. The smallest absolute Gasteiger partial charge is 0.328 e. The van der Waals surface area contributed by atoms with Crippen molar-refractivity contribution in [1.29, 1.82) is 0 Å². The third kappa shape index (κ3) is 3.97. The number of anilines is 1. The predicted octanol–water partition coefficient (Wildman–Crippen LogP) is 2.14. The summed E-state index contributed by atoms with van der Waals surface area (Å²) in [5.74, 6) is -1.35. The minimum atomic E-state index is -1.02. The van der Waals surface area contributed by atoms with E-state index in [1.54, 1.807) is 18.2 Å². The van der Waals surface area contributed by atoms with E-state index in [0.29, 0.717) is 11.3 Å². The molecule has 0 saturated heterocycles. The highest BCUT2D eigenvalue weighted by atomic mass is 16.4. The van der Waals surface area contributed by atoms with Gasteiger partial charge in [0.1, 0.15) is 6.33 Å². The number of carboxylic acid groups (broad SMARTS) is 1. The van der Waals surface area contributed by atoms with Gasteiger partial charge in [0.2, 0.25) is 0 Å². The summed E-state index contributed by atoms with van der Waals surface area (Å²) in [6, 6.07) is 5.25. The molecule has 6 nitrogen and oxygen atoms in total. The fraction of sp³-hybridized carbons (Fsp3) is 0.0667. The lowest BCUT2D eigenvalue weighted by Gasteiger charge is -2.07. The van der Waals surface area contributed by atoms with E-state index in [1.807, 2.05) is 6.92 Å². The highest BCUT2D eigenvalue weighted by molar-refractivity contribution is 6.04. The van der Waals surface area contributed by atoms with Crippen LogP contribution in [-0.4, -0.2) is 27.0 Å². The van der Waals surface area contributed by atoms with Crippen molar-refractivity contribution in [3.63, 3.8) is 0 Å². The molecule has 0 bridgehead atoms. The van der Waals surface area contributed by atoms with Gasteiger partial charge in [0, 0.05) is 24.2 Å². The van der Waals surface area contributed by atoms with E-state index in [-0.39, 0.29) is 5.91 Å². The molecule has 0 atom stereocenters. The first kappa shape index (κ1) is 14.4. The molecule has 1 aromatic heterocycles. The molecule has 0 spiro atoms.